The van der Waals surface area contributed by atoms with Crippen LogP contribution in [0.15, 0.2) is 48.5 Å². The number of nitrogens with one attached hydrogen (secondary N) is 1. The van der Waals surface area contributed by atoms with Crippen LogP contribution in [0.1, 0.15) is 57.4 Å². The van der Waals surface area contributed by atoms with Crippen LogP contribution in [-0.4, -0.2) is 61.5 Å². The summed E-state index contributed by atoms with van der Waals surface area (Å²) in [4.78, 5) is 26.3. The van der Waals surface area contributed by atoms with Crippen molar-refractivity contribution >= 4 is 17.7 Å². The summed E-state index contributed by atoms with van der Waals surface area (Å²) in [6, 6.07) is 14.5. The summed E-state index contributed by atoms with van der Waals surface area (Å²) in [5.74, 6) is 1.22. The minimum Gasteiger partial charge on any atom is -0.497 e. The van der Waals surface area contributed by atoms with Crippen molar-refractivity contribution < 1.29 is 28.9 Å². The van der Waals surface area contributed by atoms with Crippen molar-refractivity contribution in [1.82, 2.24) is 4.90 Å². The minimum atomic E-state index is -0.969. The van der Waals surface area contributed by atoms with E-state index in [1.54, 1.807) is 14.0 Å². The molecule has 0 aromatic heterocycles. The molecule has 1 aliphatic carbocycles. The first-order valence-electron chi connectivity index (χ1n) is 13.7. The SMILES string of the molecule is CCOC(Cc1ccc(OCCN(CCCC2CCCCC2)C(=O)Nc2ccc(OC)cc2)cc1)C(=O)O. The molecule has 1 unspecified atom stereocenters. The number of hydrogen-bond donors (Lipinski definition) is 2. The molecule has 8 heteroatoms. The fourth-order valence-corrected chi connectivity index (χ4v) is 4.87. The summed E-state index contributed by atoms with van der Waals surface area (Å²) >= 11 is 0. The molecule has 1 aliphatic rings. The fraction of sp³-hybridized carbons (Fsp3) is 0.533. The second kappa shape index (κ2) is 15.9. The number of hydrogen-bond acceptors (Lipinski definition) is 5. The zero-order valence-electron chi connectivity index (χ0n) is 22.7. The van der Waals surface area contributed by atoms with Gasteiger partial charge in [-0.25, -0.2) is 9.59 Å². The van der Waals surface area contributed by atoms with Gasteiger partial charge in [0.15, 0.2) is 6.10 Å². The van der Waals surface area contributed by atoms with E-state index in [1.165, 1.54) is 32.1 Å². The molecule has 3 rings (SSSR count). The number of aliphatic carboxylic acids is 1. The number of ether oxygens (including phenoxy) is 3. The molecular formula is C30H42N2O6. The molecule has 0 aliphatic heterocycles. The summed E-state index contributed by atoms with van der Waals surface area (Å²) < 4.78 is 16.4. The van der Waals surface area contributed by atoms with Crippen molar-refractivity contribution in [3.05, 3.63) is 54.1 Å². The zero-order valence-corrected chi connectivity index (χ0v) is 22.7. The number of amides is 2. The van der Waals surface area contributed by atoms with Crippen LogP contribution in [0.25, 0.3) is 0 Å². The van der Waals surface area contributed by atoms with Gasteiger partial charge in [-0.1, -0.05) is 44.2 Å². The third-order valence-electron chi connectivity index (χ3n) is 7.01. The number of carboxylic acids is 1. The molecule has 0 saturated heterocycles. The van der Waals surface area contributed by atoms with Gasteiger partial charge in [0.1, 0.15) is 18.1 Å². The van der Waals surface area contributed by atoms with Crippen LogP contribution in [0.5, 0.6) is 11.5 Å². The molecule has 0 radical (unpaired) electrons. The maximum absolute atomic E-state index is 13.1. The van der Waals surface area contributed by atoms with E-state index in [0.29, 0.717) is 38.5 Å². The van der Waals surface area contributed by atoms with E-state index >= 15 is 0 Å². The Balaban J connectivity index is 1.53. The summed E-state index contributed by atoms with van der Waals surface area (Å²) in [5.41, 5.74) is 1.58. The van der Waals surface area contributed by atoms with Crippen molar-refractivity contribution in [2.45, 2.75) is 64.4 Å². The molecule has 2 aromatic carbocycles. The maximum Gasteiger partial charge on any atom is 0.333 e. The van der Waals surface area contributed by atoms with E-state index in [2.05, 4.69) is 5.32 Å². The molecule has 0 bridgehead atoms. The standard InChI is InChI=1S/C30H42N2O6/c1-3-37-28(29(33)34)22-24-11-15-27(16-12-24)38-21-20-32(19-7-10-23-8-5-4-6-9-23)30(35)31-25-13-17-26(36-2)18-14-25/h11-18,23,28H,3-10,19-22H2,1-2H3,(H,31,35)(H,33,34). The highest BCUT2D eigenvalue weighted by atomic mass is 16.5. The van der Waals surface area contributed by atoms with Crippen molar-refractivity contribution in [3.63, 3.8) is 0 Å². The van der Waals surface area contributed by atoms with E-state index < -0.39 is 12.1 Å². The summed E-state index contributed by atoms with van der Waals surface area (Å²) in [6.07, 6.45) is 8.14. The van der Waals surface area contributed by atoms with Crippen LogP contribution in [0.3, 0.4) is 0 Å². The first-order chi connectivity index (χ1) is 18.5. The lowest BCUT2D eigenvalue weighted by Crippen LogP contribution is -2.38. The Kier molecular flexibility index (Phi) is 12.2. The molecule has 2 N–H and O–H groups in total. The van der Waals surface area contributed by atoms with E-state index in [0.717, 1.165) is 35.8 Å². The van der Waals surface area contributed by atoms with Gasteiger partial charge >= 0.3 is 12.0 Å². The molecule has 208 valence electrons. The molecule has 38 heavy (non-hydrogen) atoms. The molecule has 1 saturated carbocycles. The quantitative estimate of drug-likeness (QED) is 0.295. The normalized spacial score (nSPS) is 14.5. The van der Waals surface area contributed by atoms with Crippen LogP contribution in [0.2, 0.25) is 0 Å². The summed E-state index contributed by atoms with van der Waals surface area (Å²) in [5, 5.41) is 12.3. The number of urea groups is 1. The molecule has 1 fully saturated rings. The van der Waals surface area contributed by atoms with Crippen LogP contribution in [-0.2, 0) is 16.0 Å². The molecule has 1 atom stereocenters. The Hall–Kier alpha value is -3.26. The summed E-state index contributed by atoms with van der Waals surface area (Å²) in [7, 11) is 1.61. The number of rotatable bonds is 15. The highest BCUT2D eigenvalue weighted by Gasteiger charge is 2.19. The number of carbonyl (C=O) groups excluding carboxylic acids is 1. The highest BCUT2D eigenvalue weighted by molar-refractivity contribution is 5.89. The number of anilines is 1. The number of benzene rings is 2. The highest BCUT2D eigenvalue weighted by Crippen LogP contribution is 2.27. The Morgan fingerprint density at radius 3 is 2.32 bits per heavy atom. The first-order valence-corrected chi connectivity index (χ1v) is 13.7. The van der Waals surface area contributed by atoms with Gasteiger partial charge in [0.2, 0.25) is 0 Å². The first kappa shape index (κ1) is 29.3. The van der Waals surface area contributed by atoms with Crippen LogP contribution < -0.4 is 14.8 Å². The van der Waals surface area contributed by atoms with Gasteiger partial charge in [-0.3, -0.25) is 0 Å². The average molecular weight is 527 g/mol. The average Bonchev–Trinajstić information content (AvgIpc) is 2.93. The summed E-state index contributed by atoms with van der Waals surface area (Å²) in [6.45, 7) is 3.62. The predicted molar refractivity (Wildman–Crippen MR) is 148 cm³/mol. The lowest BCUT2D eigenvalue weighted by atomic mass is 9.86. The molecule has 8 nitrogen and oxygen atoms in total. The predicted octanol–water partition coefficient (Wildman–Crippen LogP) is 6.00. The largest absolute Gasteiger partial charge is 0.497 e. The van der Waals surface area contributed by atoms with Gasteiger partial charge in [0.25, 0.3) is 0 Å². The van der Waals surface area contributed by atoms with Gasteiger partial charge < -0.3 is 29.5 Å². The topological polar surface area (TPSA) is 97.3 Å². The second-order valence-corrected chi connectivity index (χ2v) is 9.77. The van der Waals surface area contributed by atoms with Crippen LogP contribution in [0.4, 0.5) is 10.5 Å². The molecule has 2 aromatic rings. The zero-order chi connectivity index (χ0) is 27.2. The minimum absolute atomic E-state index is 0.145. The van der Waals surface area contributed by atoms with Gasteiger partial charge in [0, 0.05) is 25.3 Å². The van der Waals surface area contributed by atoms with Crippen LogP contribution in [0, 0.1) is 5.92 Å². The molecular weight excluding hydrogens is 484 g/mol. The number of carboxylic acid groups (broad SMARTS) is 1. The monoisotopic (exact) mass is 526 g/mol. The Bertz CT molecular complexity index is 973. The Morgan fingerprint density at radius 2 is 1.68 bits per heavy atom. The number of nitrogens with zero attached hydrogens (tertiary/aromatic N) is 1. The number of methoxy groups -OCH3 is 1. The Labute approximate surface area is 226 Å². The van der Waals surface area contributed by atoms with Gasteiger partial charge in [-0.2, -0.15) is 0 Å². The number of carbonyl (C=O) groups is 2. The second-order valence-electron chi connectivity index (χ2n) is 9.77. The van der Waals surface area contributed by atoms with Crippen molar-refractivity contribution in [2.24, 2.45) is 5.92 Å². The third-order valence-corrected chi connectivity index (χ3v) is 7.01. The van der Waals surface area contributed by atoms with E-state index in [9.17, 15) is 14.7 Å². The third kappa shape index (κ3) is 9.89. The van der Waals surface area contributed by atoms with Gasteiger partial charge in [-0.05, 0) is 67.6 Å². The van der Waals surface area contributed by atoms with Crippen LogP contribution >= 0.6 is 0 Å². The van der Waals surface area contributed by atoms with E-state index in [4.69, 9.17) is 14.2 Å². The lowest BCUT2D eigenvalue weighted by Gasteiger charge is -2.26. The maximum atomic E-state index is 13.1. The van der Waals surface area contributed by atoms with Gasteiger partial charge in [-0.15, -0.1) is 0 Å². The van der Waals surface area contributed by atoms with Crippen molar-refractivity contribution in [3.8, 4) is 11.5 Å². The molecule has 0 spiro atoms. The van der Waals surface area contributed by atoms with E-state index in [1.807, 2.05) is 53.4 Å². The van der Waals surface area contributed by atoms with E-state index in [-0.39, 0.29) is 6.03 Å². The smallest absolute Gasteiger partial charge is 0.333 e. The Morgan fingerprint density at radius 1 is 1.00 bits per heavy atom. The molecule has 2 amide bonds. The van der Waals surface area contributed by atoms with Gasteiger partial charge in [0.05, 0.1) is 13.7 Å². The van der Waals surface area contributed by atoms with Crippen molar-refractivity contribution in [1.29, 1.82) is 0 Å². The fourth-order valence-electron chi connectivity index (χ4n) is 4.87. The molecule has 0 heterocycles. The van der Waals surface area contributed by atoms with Crippen molar-refractivity contribution in [2.75, 3.05) is 38.7 Å². The lowest BCUT2D eigenvalue weighted by molar-refractivity contribution is -0.149.